The highest BCUT2D eigenvalue weighted by Crippen LogP contribution is 2.40. The van der Waals surface area contributed by atoms with E-state index in [1.807, 2.05) is 25.1 Å². The van der Waals surface area contributed by atoms with Crippen molar-refractivity contribution in [3.05, 3.63) is 75.0 Å². The summed E-state index contributed by atoms with van der Waals surface area (Å²) in [6, 6.07) is 15.0. The first-order chi connectivity index (χ1) is 16.3. The number of fused-ring (bicyclic) bond motifs is 4. The van der Waals surface area contributed by atoms with Gasteiger partial charge in [-0.3, -0.25) is 9.59 Å². The van der Waals surface area contributed by atoms with E-state index in [0.717, 1.165) is 23.3 Å². The van der Waals surface area contributed by atoms with Crippen LogP contribution in [0.5, 0.6) is 0 Å². The highest BCUT2D eigenvalue weighted by molar-refractivity contribution is 7.99. The van der Waals surface area contributed by atoms with Crippen LogP contribution < -0.4 is 10.9 Å². The lowest BCUT2D eigenvalue weighted by atomic mass is 9.72. The molecule has 34 heavy (non-hydrogen) atoms. The normalized spacial score (nSPS) is 14.0. The molecule has 1 aliphatic rings. The number of carbonyl (C=O) groups is 1. The lowest BCUT2D eigenvalue weighted by Crippen LogP contribution is -2.36. The summed E-state index contributed by atoms with van der Waals surface area (Å²) in [6.45, 7) is 6.06. The lowest BCUT2D eigenvalue weighted by Gasteiger charge is -2.32. The van der Waals surface area contributed by atoms with Crippen molar-refractivity contribution in [1.82, 2.24) is 19.2 Å². The number of anilines is 1. The van der Waals surface area contributed by atoms with E-state index in [9.17, 15) is 9.59 Å². The van der Waals surface area contributed by atoms with Gasteiger partial charge in [0, 0.05) is 21.7 Å². The number of benzene rings is 2. The first-order valence-corrected chi connectivity index (χ1v) is 12.5. The number of amides is 1. The first kappa shape index (κ1) is 22.7. The fourth-order valence-corrected chi connectivity index (χ4v) is 5.45. The summed E-state index contributed by atoms with van der Waals surface area (Å²) >= 11 is 7.49. The van der Waals surface area contributed by atoms with E-state index in [1.54, 1.807) is 28.7 Å². The molecule has 4 aromatic rings. The lowest BCUT2D eigenvalue weighted by molar-refractivity contribution is -0.116. The second-order valence-corrected chi connectivity index (χ2v) is 10.6. The maximum atomic E-state index is 13.9. The molecule has 174 valence electrons. The summed E-state index contributed by atoms with van der Waals surface area (Å²) in [7, 11) is 0. The van der Waals surface area contributed by atoms with Gasteiger partial charge in [0.15, 0.2) is 5.16 Å². The molecule has 0 spiro atoms. The van der Waals surface area contributed by atoms with Gasteiger partial charge in [0.2, 0.25) is 11.7 Å². The predicted octanol–water partition coefficient (Wildman–Crippen LogP) is 4.80. The van der Waals surface area contributed by atoms with E-state index in [0.29, 0.717) is 32.9 Å². The third-order valence-corrected chi connectivity index (χ3v) is 7.00. The fraction of sp³-hybridized carbons (Fsp3) is 0.280. The largest absolute Gasteiger partial charge is 0.324 e. The Morgan fingerprint density at radius 2 is 2.00 bits per heavy atom. The number of nitrogens with zero attached hydrogens (tertiary/aromatic N) is 4. The highest BCUT2D eigenvalue weighted by Gasteiger charge is 2.36. The number of hydrogen-bond acceptors (Lipinski definition) is 5. The van der Waals surface area contributed by atoms with Crippen LogP contribution in [-0.2, 0) is 23.2 Å². The number of aromatic nitrogens is 4. The van der Waals surface area contributed by atoms with E-state index in [2.05, 4.69) is 30.3 Å². The van der Waals surface area contributed by atoms with Gasteiger partial charge in [-0.2, -0.15) is 0 Å². The van der Waals surface area contributed by atoms with Crippen LogP contribution in [0.25, 0.3) is 17.0 Å². The molecule has 0 saturated carbocycles. The van der Waals surface area contributed by atoms with Gasteiger partial charge < -0.3 is 5.32 Å². The molecule has 1 aliphatic carbocycles. The molecule has 0 saturated heterocycles. The first-order valence-electron chi connectivity index (χ1n) is 11.1. The zero-order valence-corrected chi connectivity index (χ0v) is 20.7. The molecule has 0 fully saturated rings. The van der Waals surface area contributed by atoms with Gasteiger partial charge in [-0.1, -0.05) is 74.5 Å². The smallest absolute Gasteiger partial charge is 0.265 e. The third-order valence-electron chi connectivity index (χ3n) is 5.95. The van der Waals surface area contributed by atoms with Crippen LogP contribution in [0.4, 0.5) is 5.69 Å². The monoisotopic (exact) mass is 493 g/mol. The molecule has 5 rings (SSSR count). The fourth-order valence-electron chi connectivity index (χ4n) is 4.55. The second kappa shape index (κ2) is 8.60. The standard InChI is InChI=1S/C25H24ClN5O2S/c1-4-34-24-29-30(14-19(32)27-17-10-7-9-16(26)12-17)23-28-21-18-11-6-5-8-15(18)13-25(2,3)20(21)22(33)31(23)24/h5-12H,4,13-14H2,1-3H3,(H,27,32). The Bertz CT molecular complexity index is 1490. The molecular formula is C25H24ClN5O2S. The van der Waals surface area contributed by atoms with Crippen molar-refractivity contribution in [3.63, 3.8) is 0 Å². The number of nitrogens with one attached hydrogen (secondary N) is 1. The zero-order valence-electron chi connectivity index (χ0n) is 19.1. The van der Waals surface area contributed by atoms with Crippen molar-refractivity contribution in [1.29, 1.82) is 0 Å². The Kier molecular flexibility index (Phi) is 5.73. The summed E-state index contributed by atoms with van der Waals surface area (Å²) in [5.41, 5.74) is 3.55. The van der Waals surface area contributed by atoms with Crippen LogP contribution >= 0.6 is 23.4 Å². The van der Waals surface area contributed by atoms with Gasteiger partial charge in [-0.05, 0) is 35.9 Å². The average molecular weight is 494 g/mol. The quantitative estimate of drug-likeness (QED) is 0.404. The molecule has 2 aromatic heterocycles. The molecule has 1 amide bonds. The number of thioether (sulfide) groups is 1. The predicted molar refractivity (Wildman–Crippen MR) is 136 cm³/mol. The van der Waals surface area contributed by atoms with Gasteiger partial charge in [0.25, 0.3) is 5.56 Å². The molecule has 0 bridgehead atoms. The van der Waals surface area contributed by atoms with Crippen molar-refractivity contribution >= 4 is 40.7 Å². The summed E-state index contributed by atoms with van der Waals surface area (Å²) < 4.78 is 3.05. The van der Waals surface area contributed by atoms with Crippen molar-refractivity contribution in [2.24, 2.45) is 0 Å². The number of rotatable bonds is 5. The van der Waals surface area contributed by atoms with E-state index < -0.39 is 0 Å². The molecule has 9 heteroatoms. The van der Waals surface area contributed by atoms with Gasteiger partial charge in [-0.15, -0.1) is 5.10 Å². The number of hydrogen-bond donors (Lipinski definition) is 1. The third kappa shape index (κ3) is 3.91. The number of halogens is 1. The van der Waals surface area contributed by atoms with Crippen LogP contribution in [0.1, 0.15) is 31.9 Å². The van der Waals surface area contributed by atoms with Gasteiger partial charge in [-0.25, -0.2) is 14.1 Å². The molecule has 0 unspecified atom stereocenters. The maximum Gasteiger partial charge on any atom is 0.265 e. The topological polar surface area (TPSA) is 81.3 Å². The molecule has 0 aliphatic heterocycles. The minimum atomic E-state index is -0.380. The molecular weight excluding hydrogens is 470 g/mol. The van der Waals surface area contributed by atoms with Crippen LogP contribution in [0.2, 0.25) is 5.02 Å². The van der Waals surface area contributed by atoms with E-state index in [-0.39, 0.29) is 23.4 Å². The van der Waals surface area contributed by atoms with Gasteiger partial charge in [0.05, 0.1) is 11.3 Å². The van der Waals surface area contributed by atoms with Crippen LogP contribution in [0, 0.1) is 0 Å². The van der Waals surface area contributed by atoms with Crippen LogP contribution in [0.15, 0.2) is 58.5 Å². The van der Waals surface area contributed by atoms with Crippen molar-refractivity contribution in [2.45, 2.75) is 44.3 Å². The van der Waals surface area contributed by atoms with Crippen LogP contribution in [-0.4, -0.2) is 30.8 Å². The second-order valence-electron chi connectivity index (χ2n) is 8.93. The number of carbonyl (C=O) groups excluding carboxylic acids is 1. The Labute approximate surface area is 206 Å². The molecule has 0 atom stereocenters. The van der Waals surface area contributed by atoms with E-state index in [1.165, 1.54) is 16.4 Å². The van der Waals surface area contributed by atoms with Crippen molar-refractivity contribution < 1.29 is 4.79 Å². The molecule has 7 nitrogen and oxygen atoms in total. The van der Waals surface area contributed by atoms with E-state index >= 15 is 0 Å². The van der Waals surface area contributed by atoms with E-state index in [4.69, 9.17) is 16.6 Å². The SMILES string of the molecule is CCSc1nn(CC(=O)Nc2cccc(Cl)c2)c2nc3c(c(=O)n12)C(C)(C)Cc1ccccc1-3. The summed E-state index contributed by atoms with van der Waals surface area (Å²) in [5, 5.41) is 8.51. The Hall–Kier alpha value is -3.10. The minimum absolute atomic E-state index is 0.0868. The van der Waals surface area contributed by atoms with Gasteiger partial charge >= 0.3 is 0 Å². The average Bonchev–Trinajstić information content (AvgIpc) is 3.10. The highest BCUT2D eigenvalue weighted by atomic mass is 35.5. The minimum Gasteiger partial charge on any atom is -0.324 e. The summed E-state index contributed by atoms with van der Waals surface area (Å²) in [4.78, 5) is 31.6. The molecule has 2 aromatic carbocycles. The maximum absolute atomic E-state index is 13.9. The van der Waals surface area contributed by atoms with Crippen molar-refractivity contribution in [2.75, 3.05) is 11.1 Å². The molecule has 0 radical (unpaired) electrons. The Morgan fingerprint density at radius 3 is 2.76 bits per heavy atom. The van der Waals surface area contributed by atoms with Gasteiger partial charge in [0.1, 0.15) is 6.54 Å². The summed E-state index contributed by atoms with van der Waals surface area (Å²) in [5.74, 6) is 0.804. The van der Waals surface area contributed by atoms with Crippen LogP contribution in [0.3, 0.4) is 0 Å². The Morgan fingerprint density at radius 1 is 1.21 bits per heavy atom. The zero-order chi connectivity index (χ0) is 24.0. The van der Waals surface area contributed by atoms with Crippen molar-refractivity contribution in [3.8, 4) is 11.3 Å². The molecule has 1 N–H and O–H groups in total. The summed E-state index contributed by atoms with van der Waals surface area (Å²) in [6.07, 6.45) is 0.756. The molecule has 2 heterocycles. The Balaban J connectivity index is 1.65.